The number of carbonyl (C=O) groups is 1. The van der Waals surface area contributed by atoms with E-state index in [4.69, 9.17) is 4.74 Å². The molecule has 0 spiro atoms. The molecule has 2 aromatic rings. The van der Waals surface area contributed by atoms with Crippen LogP contribution in [0.3, 0.4) is 0 Å². The van der Waals surface area contributed by atoms with Crippen LogP contribution in [-0.4, -0.2) is 35.1 Å². The smallest absolute Gasteiger partial charge is 0.342 e. The first-order valence-electron chi connectivity index (χ1n) is 7.68. The lowest BCUT2D eigenvalue weighted by atomic mass is 10.0. The molecule has 0 aliphatic carbocycles. The Labute approximate surface area is 131 Å². The molecule has 0 unspecified atom stereocenters. The number of carbonyl (C=O) groups excluding carboxylic acids is 1. The second-order valence-electron chi connectivity index (χ2n) is 6.13. The Kier molecular flexibility index (Phi) is 3.69. The van der Waals surface area contributed by atoms with Crippen LogP contribution in [0.5, 0.6) is 0 Å². The van der Waals surface area contributed by atoms with Crippen molar-refractivity contribution >= 4 is 22.4 Å². The molecular weight excluding hydrogens is 276 g/mol. The Morgan fingerprint density at radius 2 is 1.95 bits per heavy atom. The Morgan fingerprint density at radius 3 is 2.68 bits per heavy atom. The summed E-state index contributed by atoms with van der Waals surface area (Å²) < 4.78 is 7.56. The fourth-order valence-corrected chi connectivity index (χ4v) is 3.13. The van der Waals surface area contributed by atoms with E-state index in [-0.39, 0.29) is 12.1 Å². The molecule has 0 N–H and O–H groups in total. The van der Waals surface area contributed by atoms with Gasteiger partial charge in [-0.25, -0.2) is 4.79 Å². The quantitative estimate of drug-likeness (QED) is 0.800. The van der Waals surface area contributed by atoms with Gasteiger partial charge in [-0.3, -0.25) is 0 Å². The predicted octanol–water partition coefficient (Wildman–Crippen LogP) is 2.96. The fraction of sp³-hybridized carbons (Fsp3) is 0.389. The average Bonchev–Trinajstić information content (AvgIpc) is 2.63. The summed E-state index contributed by atoms with van der Waals surface area (Å²) in [6, 6.07) is 8.31. The Balaban J connectivity index is 2.21. The maximum atomic E-state index is 12.6. The van der Waals surface area contributed by atoms with Crippen LogP contribution >= 0.6 is 0 Å². The summed E-state index contributed by atoms with van der Waals surface area (Å²) in [5, 5.41) is 1.22. The molecule has 0 amide bonds. The van der Waals surface area contributed by atoms with Crippen LogP contribution in [0, 0.1) is 0 Å². The molecule has 1 aromatic heterocycles. The van der Waals surface area contributed by atoms with E-state index in [2.05, 4.69) is 21.6 Å². The van der Waals surface area contributed by atoms with Gasteiger partial charge >= 0.3 is 5.97 Å². The number of benzene rings is 1. The van der Waals surface area contributed by atoms with Crippen LogP contribution in [0.2, 0.25) is 0 Å². The highest BCUT2D eigenvalue weighted by atomic mass is 16.5. The van der Waals surface area contributed by atoms with Gasteiger partial charge in [0, 0.05) is 37.7 Å². The summed E-state index contributed by atoms with van der Waals surface area (Å²) in [7, 11) is 4.01. The predicted molar refractivity (Wildman–Crippen MR) is 88.5 cm³/mol. The second kappa shape index (κ2) is 5.52. The summed E-state index contributed by atoms with van der Waals surface area (Å²) in [5.41, 5.74) is 4.01. The van der Waals surface area contributed by atoms with Gasteiger partial charge < -0.3 is 14.2 Å². The fourth-order valence-electron chi connectivity index (χ4n) is 3.13. The van der Waals surface area contributed by atoms with E-state index in [0.717, 1.165) is 24.2 Å². The molecule has 1 aromatic carbocycles. The molecule has 1 aliphatic heterocycles. The van der Waals surface area contributed by atoms with E-state index in [1.807, 2.05) is 46.3 Å². The van der Waals surface area contributed by atoms with E-state index >= 15 is 0 Å². The third-order valence-corrected chi connectivity index (χ3v) is 4.09. The zero-order valence-corrected chi connectivity index (χ0v) is 13.6. The minimum Gasteiger partial charge on any atom is -0.459 e. The number of nitrogens with zero attached hydrogens (tertiary/aromatic N) is 2. The van der Waals surface area contributed by atoms with Crippen LogP contribution in [0.25, 0.3) is 16.5 Å². The van der Waals surface area contributed by atoms with Crippen LogP contribution in [-0.2, 0) is 23.0 Å². The van der Waals surface area contributed by atoms with Crippen LogP contribution in [0.1, 0.15) is 25.1 Å². The zero-order valence-electron chi connectivity index (χ0n) is 13.6. The number of esters is 1. The lowest BCUT2D eigenvalue weighted by molar-refractivity contribution is -0.140. The molecule has 2 heterocycles. The molecule has 3 rings (SSSR count). The van der Waals surface area contributed by atoms with E-state index in [1.165, 1.54) is 10.9 Å². The van der Waals surface area contributed by atoms with Crippen molar-refractivity contribution in [3.8, 4) is 0 Å². The van der Waals surface area contributed by atoms with Crippen LogP contribution in [0.4, 0.5) is 0 Å². The number of likely N-dealkylation sites (N-methyl/N-ethyl adjacent to an activating group) is 1. The number of ether oxygens (including phenoxy) is 1. The van der Waals surface area contributed by atoms with Gasteiger partial charge in [0.15, 0.2) is 0 Å². The van der Waals surface area contributed by atoms with E-state index < -0.39 is 0 Å². The van der Waals surface area contributed by atoms with Crippen molar-refractivity contribution in [1.82, 2.24) is 9.47 Å². The van der Waals surface area contributed by atoms with Crippen molar-refractivity contribution < 1.29 is 9.53 Å². The highest BCUT2D eigenvalue weighted by Gasteiger charge is 2.26. The summed E-state index contributed by atoms with van der Waals surface area (Å²) >= 11 is 0. The number of rotatable bonds is 2. The molecule has 116 valence electrons. The molecule has 0 bridgehead atoms. The number of hydrogen-bond acceptors (Lipinski definition) is 3. The third-order valence-electron chi connectivity index (χ3n) is 4.09. The van der Waals surface area contributed by atoms with Gasteiger partial charge in [-0.05, 0) is 31.9 Å². The molecule has 4 heteroatoms. The lowest BCUT2D eigenvalue weighted by Gasteiger charge is -2.14. The number of para-hydroxylation sites is 1. The van der Waals surface area contributed by atoms with Gasteiger partial charge in [-0.2, -0.15) is 0 Å². The SMILES string of the molecule is CC(C)OC(=O)C1=CN(C)CCc2c1n(C)c1ccccc21. The summed E-state index contributed by atoms with van der Waals surface area (Å²) in [5.74, 6) is -0.254. The van der Waals surface area contributed by atoms with Crippen LogP contribution < -0.4 is 0 Å². The summed E-state index contributed by atoms with van der Waals surface area (Å²) in [4.78, 5) is 14.6. The standard InChI is InChI=1S/C18H22N2O2/c1-12(2)22-18(21)15-11-19(3)10-9-14-13-7-5-6-8-16(13)20(4)17(14)15/h5-8,11-12H,9-10H2,1-4H3. The van der Waals surface area contributed by atoms with Gasteiger partial charge in [-0.1, -0.05) is 18.2 Å². The molecule has 1 aliphatic rings. The third kappa shape index (κ3) is 2.39. The lowest BCUT2D eigenvalue weighted by Crippen LogP contribution is -2.17. The Bertz CT molecular complexity index is 756. The number of aryl methyl sites for hydroxylation is 1. The Morgan fingerprint density at radius 1 is 1.23 bits per heavy atom. The molecule has 0 fully saturated rings. The first-order valence-corrected chi connectivity index (χ1v) is 7.68. The minimum absolute atomic E-state index is 0.125. The van der Waals surface area contributed by atoms with Gasteiger partial charge in [0.1, 0.15) is 0 Å². The average molecular weight is 298 g/mol. The van der Waals surface area contributed by atoms with Gasteiger partial charge in [0.25, 0.3) is 0 Å². The largest absolute Gasteiger partial charge is 0.459 e. The molecule has 0 radical (unpaired) electrons. The first-order chi connectivity index (χ1) is 10.5. The van der Waals surface area contributed by atoms with E-state index in [1.54, 1.807) is 0 Å². The molecule has 0 saturated heterocycles. The van der Waals surface area contributed by atoms with Crippen molar-refractivity contribution in [3.63, 3.8) is 0 Å². The molecule has 0 saturated carbocycles. The minimum atomic E-state index is -0.254. The number of hydrogen-bond donors (Lipinski definition) is 0. The first kappa shape index (κ1) is 14.7. The zero-order chi connectivity index (χ0) is 15.9. The van der Waals surface area contributed by atoms with Gasteiger partial charge in [0.2, 0.25) is 0 Å². The normalized spacial score (nSPS) is 14.8. The number of fused-ring (bicyclic) bond motifs is 3. The van der Waals surface area contributed by atoms with Crippen molar-refractivity contribution in [2.24, 2.45) is 7.05 Å². The van der Waals surface area contributed by atoms with E-state index in [0.29, 0.717) is 5.57 Å². The van der Waals surface area contributed by atoms with Gasteiger partial charge in [-0.15, -0.1) is 0 Å². The van der Waals surface area contributed by atoms with Crippen molar-refractivity contribution in [2.75, 3.05) is 13.6 Å². The highest BCUT2D eigenvalue weighted by molar-refractivity contribution is 6.18. The number of aromatic nitrogens is 1. The van der Waals surface area contributed by atoms with Crippen molar-refractivity contribution in [3.05, 3.63) is 41.7 Å². The highest BCUT2D eigenvalue weighted by Crippen LogP contribution is 2.33. The summed E-state index contributed by atoms with van der Waals surface area (Å²) in [6.45, 7) is 4.64. The van der Waals surface area contributed by atoms with Crippen LogP contribution in [0.15, 0.2) is 30.5 Å². The molecule has 0 atom stereocenters. The Hall–Kier alpha value is -2.23. The maximum Gasteiger partial charge on any atom is 0.342 e. The maximum absolute atomic E-state index is 12.6. The second-order valence-corrected chi connectivity index (χ2v) is 6.13. The molecule has 4 nitrogen and oxygen atoms in total. The molecular formula is C18H22N2O2. The summed E-state index contributed by atoms with van der Waals surface area (Å²) in [6.07, 6.45) is 2.71. The van der Waals surface area contributed by atoms with Crippen molar-refractivity contribution in [2.45, 2.75) is 26.4 Å². The van der Waals surface area contributed by atoms with E-state index in [9.17, 15) is 4.79 Å². The van der Waals surface area contributed by atoms with Gasteiger partial charge in [0.05, 0.1) is 17.4 Å². The molecule has 22 heavy (non-hydrogen) atoms. The van der Waals surface area contributed by atoms with Crippen molar-refractivity contribution in [1.29, 1.82) is 0 Å². The monoisotopic (exact) mass is 298 g/mol. The topological polar surface area (TPSA) is 34.5 Å².